The Labute approximate surface area is 113 Å². The molecule has 0 N–H and O–H groups in total. The number of methoxy groups -OCH3 is 1. The average Bonchev–Trinajstić information content (AvgIpc) is 2.38. The van der Waals surface area contributed by atoms with Gasteiger partial charge in [0, 0.05) is 4.47 Å². The largest absolute Gasteiger partial charge is 0.494 e. The molecule has 0 bridgehead atoms. The van der Waals surface area contributed by atoms with Crippen molar-refractivity contribution >= 4 is 38.0 Å². The van der Waals surface area contributed by atoms with E-state index in [1.165, 1.54) is 5.56 Å². The van der Waals surface area contributed by atoms with Crippen LogP contribution < -0.4 is 4.74 Å². The van der Waals surface area contributed by atoms with Gasteiger partial charge < -0.3 is 4.74 Å². The second kappa shape index (κ2) is 4.21. The first-order valence-electron chi connectivity index (χ1n) is 5.59. The van der Waals surface area contributed by atoms with Gasteiger partial charge in [-0.15, -0.1) is 0 Å². The van der Waals surface area contributed by atoms with Gasteiger partial charge in [0.2, 0.25) is 0 Å². The second-order valence-electron chi connectivity index (χ2n) is 4.16. The summed E-state index contributed by atoms with van der Waals surface area (Å²) in [6.45, 7) is 2.05. The van der Waals surface area contributed by atoms with Crippen molar-refractivity contribution in [3.05, 3.63) is 40.4 Å². The van der Waals surface area contributed by atoms with Gasteiger partial charge in [-0.25, -0.2) is 9.97 Å². The summed E-state index contributed by atoms with van der Waals surface area (Å²) in [7, 11) is 1.64. The summed E-state index contributed by atoms with van der Waals surface area (Å²) in [5, 5.41) is 0. The number of ether oxygens (including phenoxy) is 1. The molecule has 0 saturated carbocycles. The Morgan fingerprint density at radius 3 is 2.56 bits per heavy atom. The van der Waals surface area contributed by atoms with Crippen LogP contribution >= 0.6 is 15.9 Å². The van der Waals surface area contributed by atoms with Crippen LogP contribution in [0.25, 0.3) is 22.1 Å². The van der Waals surface area contributed by atoms with E-state index in [0.29, 0.717) is 0 Å². The van der Waals surface area contributed by atoms with Gasteiger partial charge in [-0.1, -0.05) is 6.07 Å². The molecule has 0 aliphatic rings. The zero-order valence-corrected chi connectivity index (χ0v) is 11.7. The third kappa shape index (κ3) is 1.73. The smallest absolute Gasteiger partial charge is 0.146 e. The first kappa shape index (κ1) is 11.4. The van der Waals surface area contributed by atoms with E-state index in [1.54, 1.807) is 7.11 Å². The topological polar surface area (TPSA) is 35.0 Å². The van der Waals surface area contributed by atoms with Crippen molar-refractivity contribution < 1.29 is 4.74 Å². The Morgan fingerprint density at radius 2 is 1.78 bits per heavy atom. The van der Waals surface area contributed by atoms with Crippen molar-refractivity contribution in [1.29, 1.82) is 0 Å². The van der Waals surface area contributed by atoms with E-state index in [9.17, 15) is 0 Å². The van der Waals surface area contributed by atoms with Gasteiger partial charge in [0.25, 0.3) is 0 Å². The van der Waals surface area contributed by atoms with Crippen LogP contribution in [0.4, 0.5) is 0 Å². The fourth-order valence-corrected chi connectivity index (χ4v) is 2.38. The van der Waals surface area contributed by atoms with Crippen LogP contribution in [-0.4, -0.2) is 17.1 Å². The summed E-state index contributed by atoms with van der Waals surface area (Å²) in [6.07, 6.45) is 0. The maximum atomic E-state index is 5.33. The van der Waals surface area contributed by atoms with Crippen molar-refractivity contribution in [3.63, 3.8) is 0 Å². The minimum atomic E-state index is 0.739. The summed E-state index contributed by atoms with van der Waals surface area (Å²) >= 11 is 3.51. The van der Waals surface area contributed by atoms with Crippen molar-refractivity contribution in [3.8, 4) is 5.75 Å². The Balaban J connectivity index is 2.47. The Bertz CT molecular complexity index is 755. The Hall–Kier alpha value is -1.68. The number of rotatable bonds is 1. The molecule has 3 nitrogen and oxygen atoms in total. The van der Waals surface area contributed by atoms with Gasteiger partial charge in [0.15, 0.2) is 0 Å². The first-order chi connectivity index (χ1) is 8.69. The average molecular weight is 303 g/mol. The van der Waals surface area contributed by atoms with Crippen LogP contribution in [0.2, 0.25) is 0 Å². The van der Waals surface area contributed by atoms with E-state index in [4.69, 9.17) is 4.74 Å². The molecule has 3 aromatic rings. The Kier molecular flexibility index (Phi) is 2.67. The van der Waals surface area contributed by atoms with Crippen LogP contribution in [0.3, 0.4) is 0 Å². The van der Waals surface area contributed by atoms with E-state index in [2.05, 4.69) is 25.9 Å². The van der Waals surface area contributed by atoms with Crippen LogP contribution in [0.1, 0.15) is 5.56 Å². The number of hydrogen-bond donors (Lipinski definition) is 0. The number of benzene rings is 2. The van der Waals surface area contributed by atoms with Crippen molar-refractivity contribution in [2.75, 3.05) is 7.11 Å². The van der Waals surface area contributed by atoms with Crippen molar-refractivity contribution in [1.82, 2.24) is 9.97 Å². The maximum Gasteiger partial charge on any atom is 0.146 e. The van der Waals surface area contributed by atoms with Gasteiger partial charge in [0.05, 0.1) is 18.1 Å². The minimum absolute atomic E-state index is 0.739. The molecule has 1 aromatic heterocycles. The molecule has 3 rings (SSSR count). The van der Waals surface area contributed by atoms with E-state index < -0.39 is 0 Å². The molecular formula is C14H11BrN2O. The number of nitrogens with zero attached hydrogens (tertiary/aromatic N) is 2. The van der Waals surface area contributed by atoms with E-state index in [1.807, 2.05) is 37.3 Å². The van der Waals surface area contributed by atoms with Gasteiger partial charge in [-0.05, 0) is 52.7 Å². The monoisotopic (exact) mass is 302 g/mol. The lowest BCUT2D eigenvalue weighted by atomic mass is 10.2. The number of halogens is 1. The lowest BCUT2D eigenvalue weighted by Gasteiger charge is -2.07. The summed E-state index contributed by atoms with van der Waals surface area (Å²) in [6, 6.07) is 9.87. The normalized spacial score (nSPS) is 11.1. The first-order valence-corrected chi connectivity index (χ1v) is 6.39. The standard InChI is InChI=1S/C14H11BrN2O/c1-8-3-5-10-11(7-8)17-13-9(15)4-6-12(18-2)14(13)16-10/h3-7H,1-2H3. The third-order valence-corrected chi connectivity index (χ3v) is 3.52. The summed E-state index contributed by atoms with van der Waals surface area (Å²) < 4.78 is 6.26. The molecule has 0 aliphatic carbocycles. The molecule has 18 heavy (non-hydrogen) atoms. The van der Waals surface area contributed by atoms with Crippen LogP contribution in [0.15, 0.2) is 34.8 Å². The molecule has 1 heterocycles. The van der Waals surface area contributed by atoms with Gasteiger partial charge in [-0.2, -0.15) is 0 Å². The predicted molar refractivity (Wildman–Crippen MR) is 76.0 cm³/mol. The molecule has 2 aromatic carbocycles. The number of aromatic nitrogens is 2. The zero-order chi connectivity index (χ0) is 12.7. The quantitative estimate of drug-likeness (QED) is 0.640. The summed E-state index contributed by atoms with van der Waals surface area (Å²) in [5.41, 5.74) is 4.56. The number of fused-ring (bicyclic) bond motifs is 2. The molecule has 0 atom stereocenters. The molecule has 0 fully saturated rings. The minimum Gasteiger partial charge on any atom is -0.494 e. The molecule has 0 saturated heterocycles. The fraction of sp³-hybridized carbons (Fsp3) is 0.143. The summed E-state index contributed by atoms with van der Waals surface area (Å²) in [4.78, 5) is 9.29. The van der Waals surface area contributed by atoms with E-state index >= 15 is 0 Å². The van der Waals surface area contributed by atoms with Crippen molar-refractivity contribution in [2.24, 2.45) is 0 Å². The molecule has 4 heteroatoms. The highest BCUT2D eigenvalue weighted by Crippen LogP contribution is 2.30. The van der Waals surface area contributed by atoms with E-state index in [-0.39, 0.29) is 0 Å². The lowest BCUT2D eigenvalue weighted by molar-refractivity contribution is 0.419. The maximum absolute atomic E-state index is 5.33. The zero-order valence-electron chi connectivity index (χ0n) is 10.1. The summed E-state index contributed by atoms with van der Waals surface area (Å²) in [5.74, 6) is 0.739. The lowest BCUT2D eigenvalue weighted by Crippen LogP contribution is -1.93. The molecule has 0 amide bonds. The molecule has 0 radical (unpaired) electrons. The highest BCUT2D eigenvalue weighted by molar-refractivity contribution is 9.10. The second-order valence-corrected chi connectivity index (χ2v) is 5.02. The predicted octanol–water partition coefficient (Wildman–Crippen LogP) is 3.86. The molecular weight excluding hydrogens is 292 g/mol. The molecule has 90 valence electrons. The highest BCUT2D eigenvalue weighted by atomic mass is 79.9. The van der Waals surface area contributed by atoms with Crippen LogP contribution in [0, 0.1) is 6.92 Å². The number of aryl methyl sites for hydroxylation is 1. The van der Waals surface area contributed by atoms with Crippen LogP contribution in [0.5, 0.6) is 5.75 Å². The fourth-order valence-electron chi connectivity index (χ4n) is 1.97. The van der Waals surface area contributed by atoms with Gasteiger partial charge in [-0.3, -0.25) is 0 Å². The van der Waals surface area contributed by atoms with Crippen molar-refractivity contribution in [2.45, 2.75) is 6.92 Å². The molecule has 0 spiro atoms. The third-order valence-electron chi connectivity index (χ3n) is 2.88. The number of hydrogen-bond acceptors (Lipinski definition) is 3. The highest BCUT2D eigenvalue weighted by Gasteiger charge is 2.09. The van der Waals surface area contributed by atoms with Gasteiger partial charge >= 0.3 is 0 Å². The van der Waals surface area contributed by atoms with Gasteiger partial charge in [0.1, 0.15) is 16.8 Å². The Morgan fingerprint density at radius 1 is 1.00 bits per heavy atom. The molecule has 0 unspecified atom stereocenters. The van der Waals surface area contributed by atoms with Crippen LogP contribution in [-0.2, 0) is 0 Å². The molecule has 0 aliphatic heterocycles. The van der Waals surface area contributed by atoms with E-state index in [0.717, 1.165) is 32.3 Å². The SMILES string of the molecule is COc1ccc(Br)c2nc3cc(C)ccc3nc12.